The van der Waals surface area contributed by atoms with Crippen molar-refractivity contribution in [3.63, 3.8) is 0 Å². The molecule has 1 amide bonds. The maximum absolute atomic E-state index is 13.3. The summed E-state index contributed by atoms with van der Waals surface area (Å²) >= 11 is 0. The smallest absolute Gasteiger partial charge is 0.244 e. The van der Waals surface area contributed by atoms with Crippen molar-refractivity contribution in [2.24, 2.45) is 0 Å². The Morgan fingerprint density at radius 1 is 1.32 bits per heavy atom. The third-order valence-corrected chi connectivity index (χ3v) is 2.40. The minimum absolute atomic E-state index is 0.0785. The molecule has 0 aliphatic rings. The number of amides is 1. The molecule has 0 spiro atoms. The Hall–Kier alpha value is -2.43. The average molecular weight is 263 g/mol. The molecule has 0 bridgehead atoms. The van der Waals surface area contributed by atoms with Gasteiger partial charge in [-0.3, -0.25) is 4.79 Å². The highest BCUT2D eigenvalue weighted by Gasteiger charge is 2.04. The van der Waals surface area contributed by atoms with Crippen LogP contribution >= 0.6 is 0 Å². The Balaban J connectivity index is 1.91. The van der Waals surface area contributed by atoms with Gasteiger partial charge in [0.1, 0.15) is 17.4 Å². The number of carbonyl (C=O) groups excluding carboxylic acids is 1. The number of benzene rings is 1. The number of furan rings is 1. The SMILES string of the molecule is O=C(/C=C/c1ccco1)NCc1cc(F)ccc1F. The Morgan fingerprint density at radius 3 is 2.89 bits per heavy atom. The minimum Gasteiger partial charge on any atom is -0.465 e. The lowest BCUT2D eigenvalue weighted by molar-refractivity contribution is -0.116. The molecule has 0 unspecified atom stereocenters. The zero-order valence-corrected chi connectivity index (χ0v) is 9.90. The summed E-state index contributed by atoms with van der Waals surface area (Å²) in [6, 6.07) is 6.48. The van der Waals surface area contributed by atoms with Crippen molar-refractivity contribution < 1.29 is 18.0 Å². The molecule has 0 aliphatic carbocycles. The van der Waals surface area contributed by atoms with Crippen LogP contribution in [0.25, 0.3) is 6.08 Å². The van der Waals surface area contributed by atoms with E-state index < -0.39 is 17.5 Å². The summed E-state index contributed by atoms with van der Waals surface area (Å²) in [6.07, 6.45) is 4.23. The Morgan fingerprint density at radius 2 is 2.16 bits per heavy atom. The molecule has 1 aromatic carbocycles. The van der Waals surface area contributed by atoms with Gasteiger partial charge in [-0.05, 0) is 36.4 Å². The minimum atomic E-state index is -0.559. The summed E-state index contributed by atoms with van der Waals surface area (Å²) in [7, 11) is 0. The summed E-state index contributed by atoms with van der Waals surface area (Å²) in [5.74, 6) is -0.986. The summed E-state index contributed by atoms with van der Waals surface area (Å²) in [5.41, 5.74) is 0.0970. The zero-order chi connectivity index (χ0) is 13.7. The van der Waals surface area contributed by atoms with Gasteiger partial charge in [0.2, 0.25) is 5.91 Å². The van der Waals surface area contributed by atoms with Crippen molar-refractivity contribution in [3.8, 4) is 0 Å². The number of hydrogen-bond acceptors (Lipinski definition) is 2. The number of carbonyl (C=O) groups is 1. The van der Waals surface area contributed by atoms with Crippen LogP contribution in [0.1, 0.15) is 11.3 Å². The number of nitrogens with one attached hydrogen (secondary N) is 1. The van der Waals surface area contributed by atoms with E-state index in [2.05, 4.69) is 5.32 Å². The topological polar surface area (TPSA) is 42.2 Å². The molecular weight excluding hydrogens is 252 g/mol. The first-order valence-electron chi connectivity index (χ1n) is 5.58. The summed E-state index contributed by atoms with van der Waals surface area (Å²) in [4.78, 5) is 11.5. The van der Waals surface area contributed by atoms with Gasteiger partial charge >= 0.3 is 0 Å². The van der Waals surface area contributed by atoms with Gasteiger partial charge in [0, 0.05) is 18.2 Å². The normalized spacial score (nSPS) is 10.8. The molecule has 0 saturated carbocycles. The van der Waals surface area contributed by atoms with Crippen LogP contribution in [-0.2, 0) is 11.3 Å². The molecule has 0 saturated heterocycles. The summed E-state index contributed by atoms with van der Waals surface area (Å²) < 4.78 is 31.2. The van der Waals surface area contributed by atoms with Gasteiger partial charge in [-0.1, -0.05) is 0 Å². The Bertz CT molecular complexity index is 591. The van der Waals surface area contributed by atoms with Gasteiger partial charge in [-0.25, -0.2) is 8.78 Å². The van der Waals surface area contributed by atoms with Crippen LogP contribution in [0.5, 0.6) is 0 Å². The predicted octanol–water partition coefficient (Wildman–Crippen LogP) is 2.89. The zero-order valence-electron chi connectivity index (χ0n) is 9.90. The standard InChI is InChI=1S/C14H11F2NO2/c15-11-3-5-13(16)10(8-11)9-17-14(18)6-4-12-2-1-7-19-12/h1-8H,9H2,(H,17,18)/b6-4+. The molecule has 3 nitrogen and oxygen atoms in total. The van der Waals surface area contributed by atoms with Crippen LogP contribution in [-0.4, -0.2) is 5.91 Å². The fourth-order valence-corrected chi connectivity index (χ4v) is 1.46. The van der Waals surface area contributed by atoms with Crippen molar-refractivity contribution in [2.75, 3.05) is 0 Å². The van der Waals surface area contributed by atoms with Crippen LogP contribution in [0.15, 0.2) is 47.1 Å². The van der Waals surface area contributed by atoms with Crippen molar-refractivity contribution in [1.82, 2.24) is 5.32 Å². The fourth-order valence-electron chi connectivity index (χ4n) is 1.46. The first-order chi connectivity index (χ1) is 9.15. The molecule has 1 aromatic heterocycles. The van der Waals surface area contributed by atoms with Crippen LogP contribution in [0.4, 0.5) is 8.78 Å². The predicted molar refractivity (Wildman–Crippen MR) is 65.9 cm³/mol. The van der Waals surface area contributed by atoms with Crippen molar-refractivity contribution >= 4 is 12.0 Å². The quantitative estimate of drug-likeness (QED) is 0.862. The highest BCUT2D eigenvalue weighted by Crippen LogP contribution is 2.09. The van der Waals surface area contributed by atoms with E-state index in [0.29, 0.717) is 5.76 Å². The monoisotopic (exact) mass is 263 g/mol. The lowest BCUT2D eigenvalue weighted by Crippen LogP contribution is -2.20. The molecule has 0 atom stereocenters. The van der Waals surface area contributed by atoms with E-state index in [-0.39, 0.29) is 12.1 Å². The van der Waals surface area contributed by atoms with E-state index in [1.54, 1.807) is 12.1 Å². The molecular formula is C14H11F2NO2. The Labute approximate surface area is 108 Å². The third kappa shape index (κ3) is 3.77. The second kappa shape index (κ2) is 5.95. The van der Waals surface area contributed by atoms with Gasteiger partial charge in [0.05, 0.1) is 6.26 Å². The highest BCUT2D eigenvalue weighted by atomic mass is 19.1. The first-order valence-corrected chi connectivity index (χ1v) is 5.58. The van der Waals surface area contributed by atoms with Crippen molar-refractivity contribution in [1.29, 1.82) is 0 Å². The van der Waals surface area contributed by atoms with Gasteiger partial charge < -0.3 is 9.73 Å². The van der Waals surface area contributed by atoms with Crippen molar-refractivity contribution in [3.05, 3.63) is 65.6 Å². The summed E-state index contributed by atoms with van der Waals surface area (Å²) in [6.45, 7) is -0.0785. The van der Waals surface area contributed by atoms with Gasteiger partial charge in [-0.2, -0.15) is 0 Å². The Kier molecular flexibility index (Phi) is 4.07. The van der Waals surface area contributed by atoms with Gasteiger partial charge in [0.15, 0.2) is 0 Å². The molecule has 1 N–H and O–H groups in total. The lowest BCUT2D eigenvalue weighted by Gasteiger charge is -2.04. The second-order valence-corrected chi connectivity index (χ2v) is 3.80. The molecule has 1 heterocycles. The van der Waals surface area contributed by atoms with Crippen LogP contribution < -0.4 is 5.32 Å². The first kappa shape index (κ1) is 13.0. The molecule has 2 rings (SSSR count). The van der Waals surface area contributed by atoms with E-state index >= 15 is 0 Å². The van der Waals surface area contributed by atoms with Gasteiger partial charge in [0.25, 0.3) is 0 Å². The number of halogens is 2. The highest BCUT2D eigenvalue weighted by molar-refractivity contribution is 5.91. The fraction of sp³-hybridized carbons (Fsp3) is 0.0714. The maximum atomic E-state index is 13.3. The van der Waals surface area contributed by atoms with Crippen molar-refractivity contribution in [2.45, 2.75) is 6.54 Å². The average Bonchev–Trinajstić information content (AvgIpc) is 2.90. The van der Waals surface area contributed by atoms with Crippen LogP contribution in [0.2, 0.25) is 0 Å². The molecule has 0 aliphatic heterocycles. The second-order valence-electron chi connectivity index (χ2n) is 3.80. The van der Waals surface area contributed by atoms with Gasteiger partial charge in [-0.15, -0.1) is 0 Å². The lowest BCUT2D eigenvalue weighted by atomic mass is 10.2. The molecule has 5 heteroatoms. The van der Waals surface area contributed by atoms with Crippen LogP contribution in [0.3, 0.4) is 0 Å². The molecule has 98 valence electrons. The summed E-state index contributed by atoms with van der Waals surface area (Å²) in [5, 5.41) is 2.46. The van der Waals surface area contributed by atoms with E-state index in [1.165, 1.54) is 18.4 Å². The largest absolute Gasteiger partial charge is 0.465 e. The van der Waals surface area contributed by atoms with E-state index in [9.17, 15) is 13.6 Å². The molecule has 19 heavy (non-hydrogen) atoms. The molecule has 0 fully saturated rings. The number of hydrogen-bond donors (Lipinski definition) is 1. The van der Waals surface area contributed by atoms with E-state index in [1.807, 2.05) is 0 Å². The van der Waals surface area contributed by atoms with E-state index in [4.69, 9.17) is 4.42 Å². The maximum Gasteiger partial charge on any atom is 0.244 e. The molecule has 0 radical (unpaired) electrons. The number of rotatable bonds is 4. The molecule has 2 aromatic rings. The third-order valence-electron chi connectivity index (χ3n) is 2.40. The van der Waals surface area contributed by atoms with Crippen LogP contribution in [0, 0.1) is 11.6 Å². The van der Waals surface area contributed by atoms with E-state index in [0.717, 1.165) is 18.2 Å².